The zero-order chi connectivity index (χ0) is 16.4. The molecule has 0 spiro atoms. The first-order chi connectivity index (χ1) is 11.1. The zero-order valence-corrected chi connectivity index (χ0v) is 13.0. The van der Waals surface area contributed by atoms with Crippen molar-refractivity contribution in [1.82, 2.24) is 5.32 Å². The Morgan fingerprint density at radius 1 is 1.48 bits per heavy atom. The van der Waals surface area contributed by atoms with Crippen LogP contribution < -0.4 is 5.32 Å². The Hall–Kier alpha value is -1.83. The van der Waals surface area contributed by atoms with E-state index in [1.807, 2.05) is 25.1 Å². The van der Waals surface area contributed by atoms with Gasteiger partial charge in [0.15, 0.2) is 0 Å². The molecule has 2 aromatic rings. The van der Waals surface area contributed by atoms with E-state index in [1.54, 1.807) is 6.26 Å². The Labute approximate surface area is 134 Å². The molecule has 0 saturated carbocycles. The van der Waals surface area contributed by atoms with Gasteiger partial charge in [0.25, 0.3) is 0 Å². The van der Waals surface area contributed by atoms with Crippen LogP contribution in [0.1, 0.15) is 24.0 Å². The molecule has 23 heavy (non-hydrogen) atoms. The zero-order valence-electron chi connectivity index (χ0n) is 13.0. The molecule has 7 heteroatoms. The Kier molecular flexibility index (Phi) is 4.70. The number of furan rings is 1. The lowest BCUT2D eigenvalue weighted by Gasteiger charge is -2.19. The molecule has 2 heterocycles. The van der Waals surface area contributed by atoms with Crippen LogP contribution in [-0.2, 0) is 16.0 Å². The maximum atomic E-state index is 12.1. The van der Waals surface area contributed by atoms with Gasteiger partial charge < -0.3 is 24.5 Å². The van der Waals surface area contributed by atoms with Crippen molar-refractivity contribution >= 4 is 24.0 Å². The molecule has 6 nitrogen and oxygen atoms in total. The van der Waals surface area contributed by atoms with Gasteiger partial charge in [-0.2, -0.15) is 0 Å². The van der Waals surface area contributed by atoms with Crippen molar-refractivity contribution in [3.63, 3.8) is 0 Å². The topological polar surface area (TPSA) is 91.9 Å². The highest BCUT2D eigenvalue weighted by Crippen LogP contribution is 2.25. The van der Waals surface area contributed by atoms with Crippen LogP contribution in [0, 0.1) is 6.92 Å². The van der Waals surface area contributed by atoms with Crippen LogP contribution in [0.2, 0.25) is 0 Å². The molecule has 0 unspecified atom stereocenters. The van der Waals surface area contributed by atoms with Gasteiger partial charge in [0, 0.05) is 12.0 Å². The summed E-state index contributed by atoms with van der Waals surface area (Å²) >= 11 is 0. The predicted octanol–water partition coefficient (Wildman–Crippen LogP) is 0.960. The molecule has 1 amide bonds. The van der Waals surface area contributed by atoms with E-state index in [-0.39, 0.29) is 12.3 Å². The normalized spacial score (nSPS) is 19.0. The average molecular weight is 317 g/mol. The van der Waals surface area contributed by atoms with Crippen LogP contribution in [0.25, 0.3) is 11.0 Å². The number of para-hydroxylation sites is 1. The van der Waals surface area contributed by atoms with Crippen molar-refractivity contribution in [1.29, 1.82) is 0 Å². The lowest BCUT2D eigenvalue weighted by Crippen LogP contribution is -2.50. The van der Waals surface area contributed by atoms with E-state index in [2.05, 4.69) is 5.32 Å². The fourth-order valence-corrected chi connectivity index (χ4v) is 2.94. The maximum absolute atomic E-state index is 12.1. The van der Waals surface area contributed by atoms with Gasteiger partial charge in [-0.05, 0) is 37.3 Å². The van der Waals surface area contributed by atoms with E-state index in [4.69, 9.17) is 9.15 Å². The third kappa shape index (κ3) is 3.42. The highest BCUT2D eigenvalue weighted by atomic mass is 16.5. The Bertz CT molecular complexity index is 693. The van der Waals surface area contributed by atoms with E-state index in [0.29, 0.717) is 13.0 Å². The minimum absolute atomic E-state index is 0.270. The number of ether oxygens (including phenoxy) is 1. The van der Waals surface area contributed by atoms with Gasteiger partial charge in [0.1, 0.15) is 11.7 Å². The van der Waals surface area contributed by atoms with Crippen molar-refractivity contribution in [2.45, 2.75) is 38.2 Å². The summed E-state index contributed by atoms with van der Waals surface area (Å²) in [5, 5.41) is 22.8. The summed E-state index contributed by atoms with van der Waals surface area (Å²) in [7, 11) is -1.66. The molecule has 1 fully saturated rings. The predicted molar refractivity (Wildman–Crippen MR) is 85.8 cm³/mol. The van der Waals surface area contributed by atoms with Gasteiger partial charge in [-0.3, -0.25) is 4.79 Å². The number of aryl methyl sites for hydroxylation is 1. The van der Waals surface area contributed by atoms with Crippen LogP contribution in [0.3, 0.4) is 0 Å². The molecule has 1 aromatic heterocycles. The molecule has 0 radical (unpaired) electrons. The molecule has 3 rings (SSSR count). The van der Waals surface area contributed by atoms with Gasteiger partial charge in [0.05, 0.1) is 12.2 Å². The van der Waals surface area contributed by atoms with Crippen LogP contribution in [0.4, 0.5) is 0 Å². The van der Waals surface area contributed by atoms with Crippen molar-refractivity contribution < 1.29 is 24.0 Å². The van der Waals surface area contributed by atoms with E-state index in [0.717, 1.165) is 28.5 Å². The van der Waals surface area contributed by atoms with Gasteiger partial charge in [-0.15, -0.1) is 0 Å². The van der Waals surface area contributed by atoms with Crippen molar-refractivity contribution in [3.05, 3.63) is 35.6 Å². The summed E-state index contributed by atoms with van der Waals surface area (Å²) in [6, 6.07) is 5.79. The van der Waals surface area contributed by atoms with Crippen LogP contribution in [0.15, 0.2) is 28.9 Å². The number of benzene rings is 1. The second-order valence-corrected chi connectivity index (χ2v) is 5.95. The van der Waals surface area contributed by atoms with Gasteiger partial charge in [-0.25, -0.2) is 0 Å². The fraction of sp³-hybridized carbons (Fsp3) is 0.438. The summed E-state index contributed by atoms with van der Waals surface area (Å²) in [6.07, 6.45) is 2.88. The summed E-state index contributed by atoms with van der Waals surface area (Å²) < 4.78 is 10.9. The Morgan fingerprint density at radius 2 is 2.30 bits per heavy atom. The quantitative estimate of drug-likeness (QED) is 0.715. The number of amides is 1. The van der Waals surface area contributed by atoms with E-state index in [9.17, 15) is 14.8 Å². The molecule has 0 aliphatic carbocycles. The number of hydrogen-bond acceptors (Lipinski definition) is 5. The lowest BCUT2D eigenvalue weighted by molar-refractivity contribution is -0.130. The highest BCUT2D eigenvalue weighted by molar-refractivity contribution is 6.43. The SMILES string of the molecule is Cc1cccc2c(C[C@@H](NC(=O)[C@H]3CCCO3)B(O)O)coc12. The van der Waals surface area contributed by atoms with Gasteiger partial charge in [0.2, 0.25) is 5.91 Å². The van der Waals surface area contributed by atoms with E-state index >= 15 is 0 Å². The lowest BCUT2D eigenvalue weighted by atomic mass is 9.75. The van der Waals surface area contributed by atoms with Crippen LogP contribution in [0.5, 0.6) is 0 Å². The highest BCUT2D eigenvalue weighted by Gasteiger charge is 2.31. The minimum Gasteiger partial charge on any atom is -0.464 e. The van der Waals surface area contributed by atoms with Crippen molar-refractivity contribution in [3.8, 4) is 0 Å². The Morgan fingerprint density at radius 3 is 3.00 bits per heavy atom. The van der Waals surface area contributed by atoms with Crippen LogP contribution in [-0.4, -0.2) is 41.7 Å². The molecule has 3 N–H and O–H groups in total. The summed E-state index contributed by atoms with van der Waals surface area (Å²) in [6.45, 7) is 2.52. The second-order valence-electron chi connectivity index (χ2n) is 5.95. The molecule has 1 saturated heterocycles. The fourth-order valence-electron chi connectivity index (χ4n) is 2.94. The molecular weight excluding hydrogens is 297 g/mol. The number of hydrogen-bond donors (Lipinski definition) is 3. The molecular formula is C16H20BNO5. The van der Waals surface area contributed by atoms with Crippen LogP contribution >= 0.6 is 0 Å². The molecule has 0 bridgehead atoms. The first-order valence-corrected chi connectivity index (χ1v) is 7.80. The average Bonchev–Trinajstić information content (AvgIpc) is 3.17. The monoisotopic (exact) mass is 317 g/mol. The molecule has 122 valence electrons. The first kappa shape index (κ1) is 16.0. The third-order valence-electron chi connectivity index (χ3n) is 4.23. The molecule has 1 aromatic carbocycles. The summed E-state index contributed by atoms with van der Waals surface area (Å²) in [5.74, 6) is -1.11. The van der Waals surface area contributed by atoms with Crippen molar-refractivity contribution in [2.75, 3.05) is 6.61 Å². The molecule has 2 atom stereocenters. The smallest absolute Gasteiger partial charge is 0.464 e. The number of carbonyl (C=O) groups excluding carboxylic acids is 1. The maximum Gasteiger partial charge on any atom is 0.475 e. The van der Waals surface area contributed by atoms with E-state index in [1.165, 1.54) is 0 Å². The molecule has 1 aliphatic heterocycles. The number of nitrogens with one attached hydrogen (secondary N) is 1. The summed E-state index contributed by atoms with van der Waals surface area (Å²) in [5.41, 5.74) is 2.62. The standard InChI is InChI=1S/C16H20BNO5/c1-10-4-2-5-12-11(9-23-15(10)12)8-14(17(20)21)18-16(19)13-6-3-7-22-13/h2,4-5,9,13-14,20-21H,3,6-8H2,1H3,(H,18,19)/t13-,14-/m1/s1. The van der Waals surface area contributed by atoms with Crippen molar-refractivity contribution in [2.24, 2.45) is 0 Å². The van der Waals surface area contributed by atoms with Gasteiger partial charge in [-0.1, -0.05) is 18.2 Å². The second kappa shape index (κ2) is 6.74. The van der Waals surface area contributed by atoms with Gasteiger partial charge >= 0.3 is 7.12 Å². The molecule has 1 aliphatic rings. The first-order valence-electron chi connectivity index (χ1n) is 7.80. The van der Waals surface area contributed by atoms with E-state index < -0.39 is 19.2 Å². The largest absolute Gasteiger partial charge is 0.475 e. The number of carbonyl (C=O) groups is 1. The minimum atomic E-state index is -1.66. The third-order valence-corrected chi connectivity index (χ3v) is 4.23. The number of fused-ring (bicyclic) bond motifs is 1. The number of rotatable bonds is 5. The Balaban J connectivity index is 1.76. The summed E-state index contributed by atoms with van der Waals surface area (Å²) in [4.78, 5) is 12.1.